The standard InChI is InChI=1S/C14H23N3O2S/c1-4-19-12(18)14(11-5-6-11,17-10(2)3)9-20-13-15-7-8-16-13/h7-8,10-11,17H,4-6,9H2,1-3H3,(H,15,16). The number of aromatic nitrogens is 2. The van der Waals surface area contributed by atoms with Crippen molar-refractivity contribution in [1.82, 2.24) is 15.3 Å². The topological polar surface area (TPSA) is 67.0 Å². The van der Waals surface area contributed by atoms with Crippen LogP contribution in [0.5, 0.6) is 0 Å². The number of esters is 1. The van der Waals surface area contributed by atoms with Crippen molar-refractivity contribution in [3.05, 3.63) is 12.4 Å². The van der Waals surface area contributed by atoms with E-state index in [9.17, 15) is 4.79 Å². The number of thioether (sulfide) groups is 1. The summed E-state index contributed by atoms with van der Waals surface area (Å²) >= 11 is 1.57. The minimum atomic E-state index is -0.596. The first-order valence-corrected chi connectivity index (χ1v) is 8.14. The fraction of sp³-hybridized carbons (Fsp3) is 0.714. The quantitative estimate of drug-likeness (QED) is 0.569. The monoisotopic (exact) mass is 297 g/mol. The number of imidazole rings is 1. The van der Waals surface area contributed by atoms with Gasteiger partial charge in [-0.2, -0.15) is 0 Å². The molecule has 1 heterocycles. The number of nitrogens with zero attached hydrogens (tertiary/aromatic N) is 1. The number of ether oxygens (including phenoxy) is 1. The minimum absolute atomic E-state index is 0.129. The van der Waals surface area contributed by atoms with E-state index in [-0.39, 0.29) is 12.0 Å². The first kappa shape index (κ1) is 15.4. The van der Waals surface area contributed by atoms with E-state index in [2.05, 4.69) is 29.1 Å². The summed E-state index contributed by atoms with van der Waals surface area (Å²) in [4.78, 5) is 19.8. The predicted octanol–water partition coefficient (Wildman–Crippen LogP) is 2.21. The summed E-state index contributed by atoms with van der Waals surface area (Å²) in [5, 5.41) is 4.30. The Morgan fingerprint density at radius 3 is 2.90 bits per heavy atom. The van der Waals surface area contributed by atoms with Gasteiger partial charge < -0.3 is 9.72 Å². The molecule has 0 bridgehead atoms. The van der Waals surface area contributed by atoms with Crippen LogP contribution in [0.3, 0.4) is 0 Å². The molecule has 0 amide bonds. The number of carbonyl (C=O) groups excluding carboxylic acids is 1. The first-order valence-electron chi connectivity index (χ1n) is 7.15. The molecule has 112 valence electrons. The normalized spacial score (nSPS) is 18.0. The number of carbonyl (C=O) groups is 1. The van der Waals surface area contributed by atoms with Crippen LogP contribution in [-0.4, -0.2) is 39.9 Å². The van der Waals surface area contributed by atoms with Crippen LogP contribution >= 0.6 is 11.8 Å². The van der Waals surface area contributed by atoms with E-state index in [1.165, 1.54) is 0 Å². The molecule has 1 atom stereocenters. The maximum Gasteiger partial charge on any atom is 0.327 e. The van der Waals surface area contributed by atoms with Gasteiger partial charge in [-0.1, -0.05) is 11.8 Å². The zero-order valence-electron chi connectivity index (χ0n) is 12.3. The summed E-state index contributed by atoms with van der Waals surface area (Å²) in [5.74, 6) is 0.879. The number of H-pyrrole nitrogens is 1. The van der Waals surface area contributed by atoms with Crippen molar-refractivity contribution < 1.29 is 9.53 Å². The Morgan fingerprint density at radius 1 is 1.65 bits per heavy atom. The molecule has 20 heavy (non-hydrogen) atoms. The lowest BCUT2D eigenvalue weighted by atomic mass is 9.94. The summed E-state index contributed by atoms with van der Waals surface area (Å²) in [6.45, 7) is 6.39. The van der Waals surface area contributed by atoms with Crippen LogP contribution in [0.25, 0.3) is 0 Å². The van der Waals surface area contributed by atoms with Crippen molar-refractivity contribution in [2.45, 2.75) is 50.4 Å². The van der Waals surface area contributed by atoms with Crippen LogP contribution in [-0.2, 0) is 9.53 Å². The second-order valence-electron chi connectivity index (χ2n) is 5.45. The highest BCUT2D eigenvalue weighted by Crippen LogP contribution is 2.43. The fourth-order valence-corrected chi connectivity index (χ4v) is 3.51. The van der Waals surface area contributed by atoms with Crippen molar-refractivity contribution in [2.24, 2.45) is 5.92 Å². The van der Waals surface area contributed by atoms with Crippen LogP contribution in [0.15, 0.2) is 17.6 Å². The molecule has 0 aromatic carbocycles. The van der Waals surface area contributed by atoms with Gasteiger partial charge in [0.1, 0.15) is 5.54 Å². The van der Waals surface area contributed by atoms with Gasteiger partial charge in [-0.25, -0.2) is 4.98 Å². The van der Waals surface area contributed by atoms with Gasteiger partial charge in [-0.05, 0) is 39.5 Å². The Hall–Kier alpha value is -1.01. The maximum absolute atomic E-state index is 12.5. The Balaban J connectivity index is 2.13. The van der Waals surface area contributed by atoms with Gasteiger partial charge in [0.05, 0.1) is 6.61 Å². The second-order valence-corrected chi connectivity index (χ2v) is 6.41. The zero-order valence-corrected chi connectivity index (χ0v) is 13.1. The van der Waals surface area contributed by atoms with Crippen molar-refractivity contribution in [2.75, 3.05) is 12.4 Å². The lowest BCUT2D eigenvalue weighted by Crippen LogP contribution is -2.59. The molecule has 1 aromatic heterocycles. The molecule has 2 N–H and O–H groups in total. The molecule has 1 aliphatic carbocycles. The highest BCUT2D eigenvalue weighted by molar-refractivity contribution is 7.99. The zero-order chi connectivity index (χ0) is 14.6. The third-order valence-electron chi connectivity index (χ3n) is 3.37. The molecular formula is C14H23N3O2S. The molecule has 5 nitrogen and oxygen atoms in total. The average Bonchev–Trinajstić information content (AvgIpc) is 3.12. The van der Waals surface area contributed by atoms with E-state index >= 15 is 0 Å². The van der Waals surface area contributed by atoms with E-state index in [0.29, 0.717) is 18.3 Å². The molecule has 1 fully saturated rings. The molecule has 1 aliphatic rings. The van der Waals surface area contributed by atoms with Crippen LogP contribution in [0.2, 0.25) is 0 Å². The average molecular weight is 297 g/mol. The number of hydrogen-bond donors (Lipinski definition) is 2. The SMILES string of the molecule is CCOC(=O)C(CSc1ncc[nH]1)(NC(C)C)C1CC1. The largest absolute Gasteiger partial charge is 0.465 e. The van der Waals surface area contributed by atoms with Crippen molar-refractivity contribution in [3.8, 4) is 0 Å². The first-order chi connectivity index (χ1) is 9.58. The van der Waals surface area contributed by atoms with Gasteiger partial charge in [0.2, 0.25) is 0 Å². The molecule has 0 aliphatic heterocycles. The number of hydrogen-bond acceptors (Lipinski definition) is 5. The van der Waals surface area contributed by atoms with Gasteiger partial charge in [0.25, 0.3) is 0 Å². The Bertz CT molecular complexity index is 432. The molecule has 1 saturated carbocycles. The van der Waals surface area contributed by atoms with Crippen LogP contribution in [0.1, 0.15) is 33.6 Å². The van der Waals surface area contributed by atoms with E-state index in [1.54, 1.807) is 24.2 Å². The van der Waals surface area contributed by atoms with Gasteiger partial charge >= 0.3 is 5.97 Å². The Labute approximate surface area is 124 Å². The van der Waals surface area contributed by atoms with Crippen LogP contribution in [0, 0.1) is 5.92 Å². The predicted molar refractivity (Wildman–Crippen MR) is 79.7 cm³/mol. The summed E-state index contributed by atoms with van der Waals surface area (Å²) in [7, 11) is 0. The molecular weight excluding hydrogens is 274 g/mol. The molecule has 0 spiro atoms. The lowest BCUT2D eigenvalue weighted by molar-refractivity contribution is -0.151. The van der Waals surface area contributed by atoms with Crippen molar-refractivity contribution >= 4 is 17.7 Å². The van der Waals surface area contributed by atoms with Crippen molar-refractivity contribution in [1.29, 1.82) is 0 Å². The second kappa shape index (κ2) is 6.63. The van der Waals surface area contributed by atoms with Gasteiger partial charge in [0, 0.05) is 24.2 Å². The molecule has 1 aromatic rings. The summed E-state index contributed by atoms with van der Waals surface area (Å²) in [5.41, 5.74) is -0.596. The third-order valence-corrected chi connectivity index (χ3v) is 4.47. The molecule has 0 saturated heterocycles. The van der Waals surface area contributed by atoms with E-state index < -0.39 is 5.54 Å². The van der Waals surface area contributed by atoms with Gasteiger partial charge in [0.15, 0.2) is 5.16 Å². The summed E-state index contributed by atoms with van der Waals surface area (Å²) in [6.07, 6.45) is 5.68. The molecule has 0 radical (unpaired) electrons. The third kappa shape index (κ3) is 3.55. The molecule has 1 unspecified atom stereocenters. The van der Waals surface area contributed by atoms with Gasteiger partial charge in [-0.3, -0.25) is 10.1 Å². The van der Waals surface area contributed by atoms with Gasteiger partial charge in [-0.15, -0.1) is 0 Å². The number of rotatable bonds is 8. The minimum Gasteiger partial charge on any atom is -0.465 e. The summed E-state index contributed by atoms with van der Waals surface area (Å²) < 4.78 is 5.33. The molecule has 2 rings (SSSR count). The van der Waals surface area contributed by atoms with Crippen LogP contribution in [0.4, 0.5) is 0 Å². The lowest BCUT2D eigenvalue weighted by Gasteiger charge is -2.34. The maximum atomic E-state index is 12.5. The highest BCUT2D eigenvalue weighted by Gasteiger charge is 2.52. The smallest absolute Gasteiger partial charge is 0.327 e. The van der Waals surface area contributed by atoms with Crippen LogP contribution < -0.4 is 5.32 Å². The number of aromatic amines is 1. The van der Waals surface area contributed by atoms with E-state index in [0.717, 1.165) is 18.0 Å². The van der Waals surface area contributed by atoms with Crippen molar-refractivity contribution in [3.63, 3.8) is 0 Å². The highest BCUT2D eigenvalue weighted by atomic mass is 32.2. The Kier molecular flexibility index (Phi) is 5.10. The molecule has 6 heteroatoms. The van der Waals surface area contributed by atoms with E-state index in [1.807, 2.05) is 6.92 Å². The summed E-state index contributed by atoms with van der Waals surface area (Å²) in [6, 6.07) is 0.234. The Morgan fingerprint density at radius 2 is 2.40 bits per heavy atom. The number of nitrogens with one attached hydrogen (secondary N) is 2. The fourth-order valence-electron chi connectivity index (χ4n) is 2.42. The van der Waals surface area contributed by atoms with E-state index in [4.69, 9.17) is 4.74 Å².